The van der Waals surface area contributed by atoms with Crippen LogP contribution in [0, 0.1) is 0 Å². The molecule has 0 saturated carbocycles. The summed E-state index contributed by atoms with van der Waals surface area (Å²) in [4.78, 5) is 3.59. The zero-order chi connectivity index (χ0) is 16.8. The Kier molecular flexibility index (Phi) is 3.38. The van der Waals surface area contributed by atoms with Gasteiger partial charge in [0.1, 0.15) is 0 Å². The SMILES string of the molecule is Cn1cc(-c2ccc3c(c2)[nH]c2ccc(C4CCNCC4)cc23)cn1. The average molecular weight is 330 g/mol. The van der Waals surface area contributed by atoms with Crippen molar-refractivity contribution in [2.75, 3.05) is 13.1 Å². The molecule has 5 rings (SSSR count). The van der Waals surface area contributed by atoms with Gasteiger partial charge in [-0.25, -0.2) is 0 Å². The minimum Gasteiger partial charge on any atom is -0.354 e. The smallest absolute Gasteiger partial charge is 0.0568 e. The van der Waals surface area contributed by atoms with Crippen molar-refractivity contribution in [1.82, 2.24) is 20.1 Å². The Morgan fingerprint density at radius 3 is 2.64 bits per heavy atom. The largest absolute Gasteiger partial charge is 0.354 e. The van der Waals surface area contributed by atoms with Crippen LogP contribution in [-0.2, 0) is 7.05 Å². The van der Waals surface area contributed by atoms with Gasteiger partial charge in [-0.1, -0.05) is 18.2 Å². The van der Waals surface area contributed by atoms with Gasteiger partial charge in [0.15, 0.2) is 0 Å². The van der Waals surface area contributed by atoms with Gasteiger partial charge in [-0.3, -0.25) is 4.68 Å². The number of aryl methyl sites for hydroxylation is 1. The molecule has 0 spiro atoms. The molecular formula is C21H22N4. The van der Waals surface area contributed by atoms with Crippen LogP contribution in [0.15, 0.2) is 48.8 Å². The first-order valence-electron chi connectivity index (χ1n) is 9.03. The van der Waals surface area contributed by atoms with Crippen molar-refractivity contribution in [2.24, 2.45) is 7.05 Å². The maximum absolute atomic E-state index is 4.28. The molecule has 0 bridgehead atoms. The summed E-state index contributed by atoms with van der Waals surface area (Å²) in [5, 5.41) is 10.4. The van der Waals surface area contributed by atoms with Gasteiger partial charge in [0.2, 0.25) is 0 Å². The number of nitrogens with zero attached hydrogens (tertiary/aromatic N) is 2. The molecule has 0 aliphatic carbocycles. The van der Waals surface area contributed by atoms with E-state index < -0.39 is 0 Å². The van der Waals surface area contributed by atoms with Gasteiger partial charge in [0.05, 0.1) is 6.20 Å². The van der Waals surface area contributed by atoms with Crippen molar-refractivity contribution >= 4 is 21.8 Å². The molecule has 0 unspecified atom stereocenters. The minimum atomic E-state index is 0.685. The Morgan fingerprint density at radius 2 is 1.84 bits per heavy atom. The zero-order valence-electron chi connectivity index (χ0n) is 14.4. The van der Waals surface area contributed by atoms with Crippen molar-refractivity contribution in [3.05, 3.63) is 54.4 Å². The van der Waals surface area contributed by atoms with Crippen LogP contribution in [0.25, 0.3) is 32.9 Å². The van der Waals surface area contributed by atoms with Crippen molar-refractivity contribution in [3.8, 4) is 11.1 Å². The van der Waals surface area contributed by atoms with Crippen molar-refractivity contribution in [3.63, 3.8) is 0 Å². The van der Waals surface area contributed by atoms with E-state index in [9.17, 15) is 0 Å². The number of H-pyrrole nitrogens is 1. The first kappa shape index (κ1) is 14.7. The third-order valence-electron chi connectivity index (χ3n) is 5.47. The van der Waals surface area contributed by atoms with Crippen LogP contribution in [0.2, 0.25) is 0 Å². The van der Waals surface area contributed by atoms with Gasteiger partial charge in [-0.05, 0) is 61.2 Å². The molecule has 0 atom stereocenters. The van der Waals surface area contributed by atoms with Crippen LogP contribution in [-0.4, -0.2) is 27.9 Å². The summed E-state index contributed by atoms with van der Waals surface area (Å²) in [6.07, 6.45) is 6.44. The molecule has 2 aromatic carbocycles. The molecule has 0 amide bonds. The summed E-state index contributed by atoms with van der Waals surface area (Å²) < 4.78 is 1.84. The lowest BCUT2D eigenvalue weighted by molar-refractivity contribution is 0.460. The molecule has 4 nitrogen and oxygen atoms in total. The van der Waals surface area contributed by atoms with E-state index in [4.69, 9.17) is 0 Å². The second-order valence-electron chi connectivity index (χ2n) is 7.12. The van der Waals surface area contributed by atoms with E-state index in [0.29, 0.717) is 5.92 Å². The van der Waals surface area contributed by atoms with E-state index in [-0.39, 0.29) is 0 Å². The summed E-state index contributed by atoms with van der Waals surface area (Å²) in [6, 6.07) is 13.6. The van der Waals surface area contributed by atoms with Crippen LogP contribution in [0.4, 0.5) is 0 Å². The van der Waals surface area contributed by atoms with E-state index in [1.54, 1.807) is 0 Å². The molecular weight excluding hydrogens is 308 g/mol. The van der Waals surface area contributed by atoms with Crippen LogP contribution in [0.5, 0.6) is 0 Å². The number of nitrogens with one attached hydrogen (secondary N) is 2. The Bertz CT molecular complexity index is 1050. The Morgan fingerprint density at radius 1 is 0.960 bits per heavy atom. The predicted molar refractivity (Wildman–Crippen MR) is 103 cm³/mol. The van der Waals surface area contributed by atoms with Crippen molar-refractivity contribution in [2.45, 2.75) is 18.8 Å². The highest BCUT2D eigenvalue weighted by molar-refractivity contribution is 6.08. The third-order valence-corrected chi connectivity index (χ3v) is 5.47. The molecule has 1 saturated heterocycles. The molecule has 1 aliphatic heterocycles. The summed E-state index contributed by atoms with van der Waals surface area (Å²) in [5.74, 6) is 0.685. The van der Waals surface area contributed by atoms with Gasteiger partial charge < -0.3 is 10.3 Å². The molecule has 4 heteroatoms. The third kappa shape index (κ3) is 2.53. The maximum Gasteiger partial charge on any atom is 0.0568 e. The summed E-state index contributed by atoms with van der Waals surface area (Å²) in [5.41, 5.74) is 6.24. The fraction of sp³-hybridized carbons (Fsp3) is 0.286. The first-order chi connectivity index (χ1) is 12.3. The van der Waals surface area contributed by atoms with Gasteiger partial charge >= 0.3 is 0 Å². The molecule has 3 heterocycles. The molecule has 1 aliphatic rings. The molecule has 4 aromatic rings. The summed E-state index contributed by atoms with van der Waals surface area (Å²) in [6.45, 7) is 2.26. The number of benzene rings is 2. The molecule has 126 valence electrons. The zero-order valence-corrected chi connectivity index (χ0v) is 14.4. The highest BCUT2D eigenvalue weighted by Crippen LogP contribution is 2.33. The Hall–Kier alpha value is -2.59. The average Bonchev–Trinajstić information content (AvgIpc) is 3.24. The lowest BCUT2D eigenvalue weighted by Gasteiger charge is -2.23. The highest BCUT2D eigenvalue weighted by atomic mass is 15.2. The van der Waals surface area contributed by atoms with Gasteiger partial charge in [-0.15, -0.1) is 0 Å². The van der Waals surface area contributed by atoms with Gasteiger partial charge in [0, 0.05) is 40.6 Å². The number of fused-ring (bicyclic) bond motifs is 3. The number of hydrogen-bond acceptors (Lipinski definition) is 2. The second-order valence-corrected chi connectivity index (χ2v) is 7.12. The number of piperidine rings is 1. The lowest BCUT2D eigenvalue weighted by atomic mass is 9.89. The fourth-order valence-electron chi connectivity index (χ4n) is 4.08. The number of aromatic amines is 1. The molecule has 2 N–H and O–H groups in total. The fourth-order valence-corrected chi connectivity index (χ4v) is 4.08. The van der Waals surface area contributed by atoms with E-state index in [0.717, 1.165) is 18.7 Å². The number of rotatable bonds is 2. The van der Waals surface area contributed by atoms with Crippen molar-refractivity contribution < 1.29 is 0 Å². The second kappa shape index (κ2) is 5.74. The predicted octanol–water partition coefficient (Wildman–Crippen LogP) is 4.19. The Balaban J connectivity index is 1.60. The monoisotopic (exact) mass is 330 g/mol. The first-order valence-corrected chi connectivity index (χ1v) is 9.03. The molecule has 25 heavy (non-hydrogen) atoms. The van der Waals surface area contributed by atoms with Crippen LogP contribution < -0.4 is 5.32 Å². The minimum absolute atomic E-state index is 0.685. The van der Waals surface area contributed by atoms with Crippen LogP contribution in [0.3, 0.4) is 0 Å². The lowest BCUT2D eigenvalue weighted by Crippen LogP contribution is -2.26. The molecule has 0 radical (unpaired) electrons. The number of aromatic nitrogens is 3. The summed E-state index contributed by atoms with van der Waals surface area (Å²) in [7, 11) is 1.95. The van der Waals surface area contributed by atoms with E-state index in [1.807, 2.05) is 17.9 Å². The van der Waals surface area contributed by atoms with E-state index >= 15 is 0 Å². The normalized spacial score (nSPS) is 16.0. The van der Waals surface area contributed by atoms with Gasteiger partial charge in [0.25, 0.3) is 0 Å². The Labute approximate surface area is 146 Å². The highest BCUT2D eigenvalue weighted by Gasteiger charge is 2.16. The van der Waals surface area contributed by atoms with Crippen LogP contribution in [0.1, 0.15) is 24.3 Å². The number of hydrogen-bond donors (Lipinski definition) is 2. The van der Waals surface area contributed by atoms with E-state index in [2.05, 4.69) is 58.0 Å². The van der Waals surface area contributed by atoms with Crippen LogP contribution >= 0.6 is 0 Å². The van der Waals surface area contributed by atoms with E-state index in [1.165, 1.54) is 45.8 Å². The van der Waals surface area contributed by atoms with Crippen molar-refractivity contribution in [1.29, 1.82) is 0 Å². The molecule has 1 fully saturated rings. The molecule has 2 aromatic heterocycles. The summed E-state index contributed by atoms with van der Waals surface area (Å²) >= 11 is 0. The maximum atomic E-state index is 4.28. The standard InChI is InChI=1S/C21H22N4/c1-25-13-17(12-23-25)16-2-4-18-19-10-15(14-6-8-22-9-7-14)3-5-20(19)24-21(18)11-16/h2-5,10-14,22,24H,6-9H2,1H3. The quantitative estimate of drug-likeness (QED) is 0.579. The van der Waals surface area contributed by atoms with Gasteiger partial charge in [-0.2, -0.15) is 5.10 Å². The topological polar surface area (TPSA) is 45.6 Å².